The van der Waals surface area contributed by atoms with Gasteiger partial charge >= 0.3 is 0 Å². The minimum absolute atomic E-state index is 0.0348. The van der Waals surface area contributed by atoms with E-state index in [2.05, 4.69) is 24.4 Å². The lowest BCUT2D eigenvalue weighted by molar-refractivity contribution is -0.126. The van der Waals surface area contributed by atoms with Crippen molar-refractivity contribution in [1.82, 2.24) is 5.32 Å². The van der Waals surface area contributed by atoms with Crippen LogP contribution in [0, 0.1) is 5.92 Å². The van der Waals surface area contributed by atoms with Gasteiger partial charge in [0.25, 0.3) is 0 Å². The molecule has 0 aliphatic carbocycles. The Hall–Kier alpha value is -2.33. The minimum atomic E-state index is -0.337. The Morgan fingerprint density at radius 2 is 1.85 bits per heavy atom. The number of carbonyl (C=O) groups excluding carboxylic acids is 2. The molecule has 2 amide bonds. The number of hydrogen-bond donors (Lipinski definition) is 1. The van der Waals surface area contributed by atoms with Crippen molar-refractivity contribution in [2.75, 3.05) is 11.4 Å². The van der Waals surface area contributed by atoms with E-state index in [1.165, 1.54) is 5.56 Å². The summed E-state index contributed by atoms with van der Waals surface area (Å²) in [7, 11) is 0. The van der Waals surface area contributed by atoms with Crippen LogP contribution >= 0.6 is 11.6 Å². The first-order valence-corrected chi connectivity index (χ1v) is 9.31. The number of aryl methyl sites for hydroxylation is 1. The van der Waals surface area contributed by atoms with E-state index >= 15 is 0 Å². The van der Waals surface area contributed by atoms with Crippen molar-refractivity contribution < 1.29 is 9.59 Å². The molecule has 136 valence electrons. The number of anilines is 1. The van der Waals surface area contributed by atoms with Crippen molar-refractivity contribution in [2.24, 2.45) is 5.92 Å². The van der Waals surface area contributed by atoms with Crippen molar-refractivity contribution in [3.63, 3.8) is 0 Å². The standard InChI is InChI=1S/C21H23ClN2O2/c1-3-15-4-6-16(7-5-15)14(2)23-21(26)17-12-20(25)24(13-17)19-10-8-18(22)9-11-19/h4-11,14,17H,3,12-13H2,1-2H3,(H,23,26). The second-order valence-corrected chi connectivity index (χ2v) is 7.14. The van der Waals surface area contributed by atoms with Crippen molar-refractivity contribution in [3.05, 3.63) is 64.7 Å². The molecule has 1 aliphatic heterocycles. The van der Waals surface area contributed by atoms with Gasteiger partial charge in [0.05, 0.1) is 12.0 Å². The summed E-state index contributed by atoms with van der Waals surface area (Å²) in [5.74, 6) is -0.454. The molecule has 2 aromatic carbocycles. The average Bonchev–Trinajstić information content (AvgIpc) is 3.04. The largest absolute Gasteiger partial charge is 0.349 e. The molecular weight excluding hydrogens is 348 g/mol. The van der Waals surface area contributed by atoms with E-state index in [0.717, 1.165) is 17.7 Å². The summed E-state index contributed by atoms with van der Waals surface area (Å²) in [4.78, 5) is 26.6. The molecule has 0 spiro atoms. The Morgan fingerprint density at radius 3 is 2.46 bits per heavy atom. The lowest BCUT2D eigenvalue weighted by Gasteiger charge is -2.19. The van der Waals surface area contributed by atoms with Gasteiger partial charge in [-0.25, -0.2) is 0 Å². The lowest BCUT2D eigenvalue weighted by Crippen LogP contribution is -2.34. The molecule has 1 aliphatic rings. The zero-order valence-electron chi connectivity index (χ0n) is 15.0. The van der Waals surface area contributed by atoms with Gasteiger partial charge in [0.15, 0.2) is 0 Å². The summed E-state index contributed by atoms with van der Waals surface area (Å²) >= 11 is 5.90. The first kappa shape index (κ1) is 18.5. The quantitative estimate of drug-likeness (QED) is 0.860. The Labute approximate surface area is 159 Å². The SMILES string of the molecule is CCc1ccc(C(C)NC(=O)C2CC(=O)N(c3ccc(Cl)cc3)C2)cc1. The van der Waals surface area contributed by atoms with Crippen molar-refractivity contribution in [1.29, 1.82) is 0 Å². The summed E-state index contributed by atoms with van der Waals surface area (Å²) in [6.07, 6.45) is 1.22. The van der Waals surface area contributed by atoms with Gasteiger partial charge < -0.3 is 10.2 Å². The molecule has 0 bridgehead atoms. The van der Waals surface area contributed by atoms with Crippen LogP contribution in [0.5, 0.6) is 0 Å². The molecule has 1 saturated heterocycles. The Bertz CT molecular complexity index is 787. The molecule has 2 atom stereocenters. The van der Waals surface area contributed by atoms with Crippen molar-refractivity contribution in [2.45, 2.75) is 32.7 Å². The predicted molar refractivity (Wildman–Crippen MR) is 104 cm³/mol. The van der Waals surface area contributed by atoms with E-state index in [4.69, 9.17) is 11.6 Å². The number of hydrogen-bond acceptors (Lipinski definition) is 2. The number of halogens is 1. The highest BCUT2D eigenvalue weighted by atomic mass is 35.5. The van der Waals surface area contributed by atoms with Crippen LogP contribution in [-0.4, -0.2) is 18.4 Å². The number of nitrogens with one attached hydrogen (secondary N) is 1. The van der Waals surface area contributed by atoms with Crippen LogP contribution in [0.25, 0.3) is 0 Å². The maximum atomic E-state index is 12.6. The number of benzene rings is 2. The summed E-state index contributed by atoms with van der Waals surface area (Å²) in [5, 5.41) is 3.66. The van der Waals surface area contributed by atoms with E-state index in [1.807, 2.05) is 19.1 Å². The maximum Gasteiger partial charge on any atom is 0.227 e. The van der Waals surface area contributed by atoms with Gasteiger partial charge in [0.2, 0.25) is 11.8 Å². The zero-order chi connectivity index (χ0) is 18.7. The smallest absolute Gasteiger partial charge is 0.227 e. The van der Waals surface area contributed by atoms with Crippen LogP contribution in [0.3, 0.4) is 0 Å². The van der Waals surface area contributed by atoms with E-state index < -0.39 is 0 Å². The van der Waals surface area contributed by atoms with E-state index in [1.54, 1.807) is 29.2 Å². The normalized spacial score (nSPS) is 18.0. The highest BCUT2D eigenvalue weighted by Crippen LogP contribution is 2.27. The molecule has 26 heavy (non-hydrogen) atoms. The summed E-state index contributed by atoms with van der Waals surface area (Å²) in [6.45, 7) is 4.48. The van der Waals surface area contributed by atoms with Crippen LogP contribution in [0.4, 0.5) is 5.69 Å². The van der Waals surface area contributed by atoms with Crippen LogP contribution < -0.4 is 10.2 Å². The lowest BCUT2D eigenvalue weighted by atomic mass is 10.0. The van der Waals surface area contributed by atoms with Crippen molar-refractivity contribution in [3.8, 4) is 0 Å². The maximum absolute atomic E-state index is 12.6. The fraction of sp³-hybridized carbons (Fsp3) is 0.333. The molecule has 1 fully saturated rings. The third-order valence-corrected chi connectivity index (χ3v) is 5.13. The number of carbonyl (C=O) groups is 2. The molecule has 1 N–H and O–H groups in total. The third-order valence-electron chi connectivity index (χ3n) is 4.88. The van der Waals surface area contributed by atoms with Crippen LogP contribution in [-0.2, 0) is 16.0 Å². The number of rotatable bonds is 5. The fourth-order valence-corrected chi connectivity index (χ4v) is 3.34. The second kappa shape index (κ2) is 7.92. The van der Waals surface area contributed by atoms with Crippen LogP contribution in [0.2, 0.25) is 5.02 Å². The molecule has 1 heterocycles. The molecule has 2 aromatic rings. The Kier molecular flexibility index (Phi) is 5.62. The number of amides is 2. The van der Waals surface area contributed by atoms with Crippen LogP contribution in [0.15, 0.2) is 48.5 Å². The second-order valence-electron chi connectivity index (χ2n) is 6.71. The van der Waals surface area contributed by atoms with Crippen LogP contribution in [0.1, 0.15) is 37.4 Å². The topological polar surface area (TPSA) is 49.4 Å². The molecular formula is C21H23ClN2O2. The summed E-state index contributed by atoms with van der Waals surface area (Å²) in [5.41, 5.74) is 3.11. The summed E-state index contributed by atoms with van der Waals surface area (Å²) in [6, 6.07) is 15.3. The van der Waals surface area contributed by atoms with Gasteiger partial charge in [0.1, 0.15) is 0 Å². The van der Waals surface area contributed by atoms with E-state index in [9.17, 15) is 9.59 Å². The zero-order valence-corrected chi connectivity index (χ0v) is 15.8. The first-order valence-electron chi connectivity index (χ1n) is 8.93. The highest BCUT2D eigenvalue weighted by molar-refractivity contribution is 6.30. The van der Waals surface area contributed by atoms with Gasteiger partial charge in [-0.3, -0.25) is 9.59 Å². The fourth-order valence-electron chi connectivity index (χ4n) is 3.21. The molecule has 0 radical (unpaired) electrons. The van der Waals surface area contributed by atoms with Gasteiger partial charge in [-0.15, -0.1) is 0 Å². The van der Waals surface area contributed by atoms with E-state index in [-0.39, 0.29) is 30.2 Å². The predicted octanol–water partition coefficient (Wildman–Crippen LogP) is 4.13. The number of nitrogens with zero attached hydrogens (tertiary/aromatic N) is 1. The molecule has 3 rings (SSSR count). The monoisotopic (exact) mass is 370 g/mol. The third kappa shape index (κ3) is 4.07. The highest BCUT2D eigenvalue weighted by Gasteiger charge is 2.35. The first-order chi connectivity index (χ1) is 12.5. The Morgan fingerprint density at radius 1 is 1.19 bits per heavy atom. The molecule has 0 aromatic heterocycles. The van der Waals surface area contributed by atoms with Gasteiger partial charge in [-0.05, 0) is 48.7 Å². The van der Waals surface area contributed by atoms with Gasteiger partial charge in [-0.2, -0.15) is 0 Å². The molecule has 0 saturated carbocycles. The van der Waals surface area contributed by atoms with Gasteiger partial charge in [0, 0.05) is 23.7 Å². The van der Waals surface area contributed by atoms with Crippen molar-refractivity contribution >= 4 is 29.1 Å². The minimum Gasteiger partial charge on any atom is -0.349 e. The van der Waals surface area contributed by atoms with Gasteiger partial charge in [-0.1, -0.05) is 42.8 Å². The molecule has 4 nitrogen and oxygen atoms in total. The molecule has 2 unspecified atom stereocenters. The Balaban J connectivity index is 1.63. The van der Waals surface area contributed by atoms with E-state index in [0.29, 0.717) is 11.6 Å². The average molecular weight is 371 g/mol. The summed E-state index contributed by atoms with van der Waals surface area (Å²) < 4.78 is 0. The molecule has 5 heteroatoms.